The van der Waals surface area contributed by atoms with Crippen LogP contribution in [-0.2, 0) is 14.2 Å². The Labute approximate surface area is 140 Å². The molecule has 0 spiro atoms. The van der Waals surface area contributed by atoms with Gasteiger partial charge in [-0.15, -0.1) is 6.58 Å². The van der Waals surface area contributed by atoms with Crippen LogP contribution in [0.3, 0.4) is 0 Å². The van der Waals surface area contributed by atoms with Crippen molar-refractivity contribution in [3.8, 4) is 0 Å². The summed E-state index contributed by atoms with van der Waals surface area (Å²) in [6, 6.07) is 0.929. The molecule has 1 aliphatic heterocycles. The molecule has 0 aromatic heterocycles. The highest BCUT2D eigenvalue weighted by Gasteiger charge is 2.39. The van der Waals surface area contributed by atoms with Gasteiger partial charge < -0.3 is 14.2 Å². The molecule has 1 heterocycles. The molecule has 0 bridgehead atoms. The number of hydrogen-bond donors (Lipinski definition) is 0. The van der Waals surface area contributed by atoms with E-state index < -0.39 is 0 Å². The minimum absolute atomic E-state index is 0.464. The summed E-state index contributed by atoms with van der Waals surface area (Å²) >= 11 is 0. The van der Waals surface area contributed by atoms with E-state index in [1.807, 2.05) is 6.08 Å². The van der Waals surface area contributed by atoms with Gasteiger partial charge in [-0.25, -0.2) is 4.58 Å². The summed E-state index contributed by atoms with van der Waals surface area (Å²) in [6.45, 7) is 6.11. The van der Waals surface area contributed by atoms with Crippen molar-refractivity contribution in [2.45, 2.75) is 57.0 Å². The quantitative estimate of drug-likeness (QED) is 0.371. The summed E-state index contributed by atoms with van der Waals surface area (Å²) in [5, 5.41) is 0. The Kier molecular flexibility index (Phi) is 7.83. The van der Waals surface area contributed by atoms with E-state index in [1.54, 1.807) is 14.2 Å². The van der Waals surface area contributed by atoms with Gasteiger partial charge in [0, 0.05) is 46.0 Å². The van der Waals surface area contributed by atoms with Crippen LogP contribution in [0.5, 0.6) is 0 Å². The summed E-state index contributed by atoms with van der Waals surface area (Å²) in [6.07, 6.45) is 12.0. The smallest absolute Gasteiger partial charge is 0.180 e. The van der Waals surface area contributed by atoms with Gasteiger partial charge in [-0.05, 0) is 19.3 Å². The van der Waals surface area contributed by atoms with Gasteiger partial charge in [0.1, 0.15) is 19.0 Å². The zero-order valence-corrected chi connectivity index (χ0v) is 14.8. The van der Waals surface area contributed by atoms with Gasteiger partial charge in [0.15, 0.2) is 17.8 Å². The Morgan fingerprint density at radius 3 is 2.48 bits per heavy atom. The number of unbranched alkanes of at least 4 members (excludes halogenated alkanes) is 1. The van der Waals surface area contributed by atoms with Crippen LogP contribution in [-0.4, -0.2) is 56.4 Å². The molecule has 0 N–H and O–H groups in total. The van der Waals surface area contributed by atoms with Gasteiger partial charge in [0.2, 0.25) is 0 Å². The van der Waals surface area contributed by atoms with Crippen LogP contribution in [0, 0.1) is 0 Å². The third-order valence-electron chi connectivity index (χ3n) is 4.69. The zero-order valence-electron chi connectivity index (χ0n) is 14.8. The summed E-state index contributed by atoms with van der Waals surface area (Å²) in [5.74, 6) is 1.13. The number of hydrogen-bond acceptors (Lipinski definition) is 3. The first-order chi connectivity index (χ1) is 11.3. The molecule has 0 unspecified atom stereocenters. The topological polar surface area (TPSA) is 30.7 Å². The molecule has 130 valence electrons. The maximum Gasteiger partial charge on any atom is 0.180 e. The molecule has 2 aliphatic rings. The van der Waals surface area contributed by atoms with E-state index in [9.17, 15) is 0 Å². The van der Waals surface area contributed by atoms with E-state index in [2.05, 4.69) is 17.2 Å². The van der Waals surface area contributed by atoms with Crippen molar-refractivity contribution in [3.05, 3.63) is 24.5 Å². The molecule has 1 saturated heterocycles. The van der Waals surface area contributed by atoms with E-state index in [0.717, 1.165) is 51.3 Å². The molecule has 23 heavy (non-hydrogen) atoms. The number of nitrogens with zero attached hydrogens (tertiary/aromatic N) is 1. The summed E-state index contributed by atoms with van der Waals surface area (Å²) in [5.41, 5.74) is 1.40. The number of ether oxygens (including phenoxy) is 3. The molecule has 0 aromatic carbocycles. The molecule has 2 rings (SSSR count). The molecular formula is C19H32NO3+. The summed E-state index contributed by atoms with van der Waals surface area (Å²) in [4.78, 5) is 0. The first-order valence-electron chi connectivity index (χ1n) is 8.86. The van der Waals surface area contributed by atoms with E-state index in [1.165, 1.54) is 25.0 Å². The molecule has 0 radical (unpaired) electrons. The first-order valence-corrected chi connectivity index (χ1v) is 8.86. The highest BCUT2D eigenvalue weighted by Crippen LogP contribution is 2.25. The lowest BCUT2D eigenvalue weighted by atomic mass is 10.0. The van der Waals surface area contributed by atoms with Gasteiger partial charge >= 0.3 is 0 Å². The Balaban J connectivity index is 2.11. The van der Waals surface area contributed by atoms with Crippen LogP contribution >= 0.6 is 0 Å². The van der Waals surface area contributed by atoms with Crippen LogP contribution in [0.1, 0.15) is 44.9 Å². The maximum absolute atomic E-state index is 5.97. The zero-order chi connectivity index (χ0) is 16.5. The number of rotatable bonds is 9. The molecule has 4 nitrogen and oxygen atoms in total. The van der Waals surface area contributed by atoms with Gasteiger partial charge in [-0.2, -0.15) is 0 Å². The lowest BCUT2D eigenvalue weighted by Gasteiger charge is -2.19. The van der Waals surface area contributed by atoms with Gasteiger partial charge in [-0.1, -0.05) is 6.08 Å². The predicted molar refractivity (Wildman–Crippen MR) is 93.1 cm³/mol. The van der Waals surface area contributed by atoms with Gasteiger partial charge in [0.25, 0.3) is 0 Å². The van der Waals surface area contributed by atoms with E-state index in [-0.39, 0.29) is 0 Å². The second kappa shape index (κ2) is 9.89. The van der Waals surface area contributed by atoms with E-state index in [0.29, 0.717) is 12.1 Å². The van der Waals surface area contributed by atoms with E-state index >= 15 is 0 Å². The minimum Gasteiger partial charge on any atom is -0.498 e. The van der Waals surface area contributed by atoms with Crippen molar-refractivity contribution in [1.29, 1.82) is 0 Å². The monoisotopic (exact) mass is 322 g/mol. The second-order valence-electron chi connectivity index (χ2n) is 6.44. The van der Waals surface area contributed by atoms with Crippen LogP contribution < -0.4 is 0 Å². The largest absolute Gasteiger partial charge is 0.498 e. The van der Waals surface area contributed by atoms with Crippen molar-refractivity contribution >= 4 is 5.71 Å². The molecule has 4 heteroatoms. The second-order valence-corrected chi connectivity index (χ2v) is 6.44. The molecular weight excluding hydrogens is 290 g/mol. The first kappa shape index (κ1) is 18.2. The lowest BCUT2D eigenvalue weighted by molar-refractivity contribution is -0.584. The number of methoxy groups -OCH3 is 2. The third kappa shape index (κ3) is 5.18. The summed E-state index contributed by atoms with van der Waals surface area (Å²) in [7, 11) is 3.58. The van der Waals surface area contributed by atoms with Crippen LogP contribution in [0.4, 0.5) is 0 Å². The Morgan fingerprint density at radius 2 is 1.87 bits per heavy atom. The summed E-state index contributed by atoms with van der Waals surface area (Å²) < 4.78 is 19.4. The Hall–Kier alpha value is -1.13. The maximum atomic E-state index is 5.97. The normalized spacial score (nSPS) is 24.7. The molecule has 0 aromatic rings. The Bertz CT molecular complexity index is 426. The Morgan fingerprint density at radius 1 is 1.17 bits per heavy atom. The molecule has 2 atom stereocenters. The standard InChI is InChI=1S/C19H32NO3/c1-4-5-6-12-23-19-9-7-8-16(13-19)20-17(14-21-2)10-11-18(20)15-22-3/h4,13,17-18H,1,5-12,14-15H2,2-3H3/q+1/t17-,18-/m1/s1. The fourth-order valence-electron chi connectivity index (χ4n) is 3.66. The fourth-order valence-corrected chi connectivity index (χ4v) is 3.66. The predicted octanol–water partition coefficient (Wildman–Crippen LogP) is 3.31. The highest BCUT2D eigenvalue weighted by atomic mass is 16.5. The van der Waals surface area contributed by atoms with Crippen molar-refractivity contribution in [3.63, 3.8) is 0 Å². The van der Waals surface area contributed by atoms with E-state index in [4.69, 9.17) is 14.2 Å². The van der Waals surface area contributed by atoms with Crippen molar-refractivity contribution in [1.82, 2.24) is 0 Å². The van der Waals surface area contributed by atoms with Crippen LogP contribution in [0.15, 0.2) is 24.5 Å². The van der Waals surface area contributed by atoms with Gasteiger partial charge in [0.05, 0.1) is 6.61 Å². The van der Waals surface area contributed by atoms with Crippen molar-refractivity contribution in [2.75, 3.05) is 34.0 Å². The molecule has 0 amide bonds. The number of allylic oxidation sites excluding steroid dienone is 3. The average Bonchev–Trinajstić information content (AvgIpc) is 2.95. The molecule has 1 aliphatic carbocycles. The third-order valence-corrected chi connectivity index (χ3v) is 4.69. The van der Waals surface area contributed by atoms with Crippen molar-refractivity contribution in [2.24, 2.45) is 0 Å². The molecule has 0 saturated carbocycles. The SMILES string of the molecule is C=CCCCOC1=CC(=[N+]2[C@@H](COC)CC[C@@H]2COC)CCC1. The minimum atomic E-state index is 0.464. The van der Waals surface area contributed by atoms with Crippen LogP contribution in [0.25, 0.3) is 0 Å². The highest BCUT2D eigenvalue weighted by molar-refractivity contribution is 5.92. The fraction of sp³-hybridized carbons (Fsp3) is 0.737. The van der Waals surface area contributed by atoms with Crippen molar-refractivity contribution < 1.29 is 18.8 Å². The van der Waals surface area contributed by atoms with Crippen LogP contribution in [0.2, 0.25) is 0 Å². The molecule has 1 fully saturated rings. The average molecular weight is 322 g/mol. The lowest BCUT2D eigenvalue weighted by Crippen LogP contribution is -2.37. The van der Waals surface area contributed by atoms with Gasteiger partial charge in [-0.3, -0.25) is 0 Å².